The smallest absolute Gasteiger partial charge is 0.253 e. The Morgan fingerprint density at radius 1 is 1.10 bits per heavy atom. The van der Waals surface area contributed by atoms with Crippen LogP contribution < -0.4 is 0 Å². The van der Waals surface area contributed by atoms with Crippen molar-refractivity contribution in [3.8, 4) is 0 Å². The third-order valence-corrected chi connectivity index (χ3v) is 3.52. The van der Waals surface area contributed by atoms with Crippen LogP contribution in [0.5, 0.6) is 0 Å². The molecule has 0 heterocycles. The summed E-state index contributed by atoms with van der Waals surface area (Å²) in [7, 11) is 1.82. The van der Waals surface area contributed by atoms with Crippen LogP contribution in [0.2, 0.25) is 0 Å². The summed E-state index contributed by atoms with van der Waals surface area (Å²) in [6.45, 7) is 2.65. The second-order valence-corrected chi connectivity index (χ2v) is 5.25. The van der Waals surface area contributed by atoms with Crippen LogP contribution in [0.25, 0.3) is 0 Å². The number of hydrogen-bond donors (Lipinski definition) is 0. The molecule has 0 atom stereocenters. The summed E-state index contributed by atoms with van der Waals surface area (Å²) in [6, 6.07) is 15.7. The highest BCUT2D eigenvalue weighted by molar-refractivity contribution is 6.17. The monoisotopic (exact) mass is 287 g/mol. The fraction of sp³-hybridized carbons (Fsp3) is 0.235. The zero-order chi connectivity index (χ0) is 14.5. The minimum Gasteiger partial charge on any atom is -0.337 e. The van der Waals surface area contributed by atoms with E-state index in [1.807, 2.05) is 43.4 Å². The van der Waals surface area contributed by atoms with Crippen molar-refractivity contribution in [2.24, 2.45) is 0 Å². The van der Waals surface area contributed by atoms with Gasteiger partial charge in [0.1, 0.15) is 0 Å². The molecule has 0 radical (unpaired) electrons. The highest BCUT2D eigenvalue weighted by atomic mass is 35.5. The van der Waals surface area contributed by atoms with E-state index in [0.717, 1.165) is 11.1 Å². The quantitative estimate of drug-likeness (QED) is 0.778. The van der Waals surface area contributed by atoms with Crippen LogP contribution in [0.1, 0.15) is 27.0 Å². The van der Waals surface area contributed by atoms with Gasteiger partial charge in [0, 0.05) is 25.0 Å². The van der Waals surface area contributed by atoms with E-state index >= 15 is 0 Å². The Labute approximate surface area is 125 Å². The van der Waals surface area contributed by atoms with E-state index < -0.39 is 0 Å². The molecular weight excluding hydrogens is 270 g/mol. The summed E-state index contributed by atoms with van der Waals surface area (Å²) in [4.78, 5) is 14.1. The first-order valence-corrected chi connectivity index (χ1v) is 7.09. The molecule has 0 spiro atoms. The van der Waals surface area contributed by atoms with Gasteiger partial charge in [-0.3, -0.25) is 4.79 Å². The molecule has 20 heavy (non-hydrogen) atoms. The fourth-order valence-electron chi connectivity index (χ4n) is 2.05. The lowest BCUT2D eigenvalue weighted by Gasteiger charge is -2.17. The standard InChI is InChI=1S/C17H18ClNO/c1-13-6-8-14(9-7-13)12-19(2)17(20)16-5-3-4-15(10-16)11-18/h3-10H,11-12H2,1-2H3. The lowest BCUT2D eigenvalue weighted by atomic mass is 10.1. The van der Waals surface area contributed by atoms with Gasteiger partial charge in [0.2, 0.25) is 0 Å². The van der Waals surface area contributed by atoms with Crippen molar-refractivity contribution in [3.05, 3.63) is 70.8 Å². The van der Waals surface area contributed by atoms with E-state index in [0.29, 0.717) is 18.0 Å². The van der Waals surface area contributed by atoms with Crippen molar-refractivity contribution in [1.82, 2.24) is 4.90 Å². The molecule has 2 nitrogen and oxygen atoms in total. The van der Waals surface area contributed by atoms with Crippen LogP contribution in [0.4, 0.5) is 0 Å². The van der Waals surface area contributed by atoms with Crippen molar-refractivity contribution in [1.29, 1.82) is 0 Å². The lowest BCUT2D eigenvalue weighted by Crippen LogP contribution is -2.26. The van der Waals surface area contributed by atoms with Gasteiger partial charge in [0.05, 0.1) is 0 Å². The maximum atomic E-state index is 12.4. The maximum absolute atomic E-state index is 12.4. The molecule has 0 aliphatic rings. The second kappa shape index (κ2) is 6.58. The molecular formula is C17H18ClNO. The zero-order valence-corrected chi connectivity index (χ0v) is 12.5. The highest BCUT2D eigenvalue weighted by Crippen LogP contribution is 2.12. The molecule has 0 aliphatic carbocycles. The van der Waals surface area contributed by atoms with E-state index in [-0.39, 0.29) is 5.91 Å². The van der Waals surface area contributed by atoms with Gasteiger partial charge < -0.3 is 4.90 Å². The molecule has 3 heteroatoms. The Balaban J connectivity index is 2.09. The minimum absolute atomic E-state index is 0.0116. The predicted octanol–water partition coefficient (Wildman–Crippen LogP) is 4.01. The number of aryl methyl sites for hydroxylation is 1. The molecule has 2 rings (SSSR count). The SMILES string of the molecule is Cc1ccc(CN(C)C(=O)c2cccc(CCl)c2)cc1. The van der Waals surface area contributed by atoms with Gasteiger partial charge in [0.25, 0.3) is 5.91 Å². The molecule has 2 aromatic rings. The van der Waals surface area contributed by atoms with Gasteiger partial charge >= 0.3 is 0 Å². The third-order valence-electron chi connectivity index (χ3n) is 3.22. The van der Waals surface area contributed by atoms with Crippen molar-refractivity contribution in [2.75, 3.05) is 7.05 Å². The van der Waals surface area contributed by atoms with Gasteiger partial charge in [-0.15, -0.1) is 11.6 Å². The predicted molar refractivity (Wildman–Crippen MR) is 83.0 cm³/mol. The molecule has 0 N–H and O–H groups in total. The zero-order valence-electron chi connectivity index (χ0n) is 11.8. The molecule has 0 saturated carbocycles. The van der Waals surface area contributed by atoms with Crippen molar-refractivity contribution < 1.29 is 4.79 Å². The summed E-state index contributed by atoms with van der Waals surface area (Å²) in [5, 5.41) is 0. The molecule has 1 amide bonds. The summed E-state index contributed by atoms with van der Waals surface area (Å²) >= 11 is 5.80. The third kappa shape index (κ3) is 3.61. The number of alkyl halides is 1. The van der Waals surface area contributed by atoms with E-state index in [1.165, 1.54) is 5.56 Å². The Morgan fingerprint density at radius 2 is 1.80 bits per heavy atom. The van der Waals surface area contributed by atoms with E-state index in [4.69, 9.17) is 11.6 Å². The molecule has 0 unspecified atom stereocenters. The normalized spacial score (nSPS) is 10.3. The Morgan fingerprint density at radius 3 is 2.45 bits per heavy atom. The molecule has 0 aliphatic heterocycles. The van der Waals surface area contributed by atoms with Crippen LogP contribution in [0, 0.1) is 6.92 Å². The minimum atomic E-state index is 0.0116. The summed E-state index contributed by atoms with van der Waals surface area (Å²) in [5.41, 5.74) is 3.98. The number of nitrogens with zero attached hydrogens (tertiary/aromatic N) is 1. The van der Waals surface area contributed by atoms with Crippen molar-refractivity contribution >= 4 is 17.5 Å². The van der Waals surface area contributed by atoms with E-state index in [1.54, 1.807) is 4.90 Å². The van der Waals surface area contributed by atoms with Gasteiger partial charge in [0.15, 0.2) is 0 Å². The average Bonchev–Trinajstić information content (AvgIpc) is 2.48. The van der Waals surface area contributed by atoms with Crippen LogP contribution in [-0.2, 0) is 12.4 Å². The van der Waals surface area contributed by atoms with Gasteiger partial charge in [-0.1, -0.05) is 42.0 Å². The summed E-state index contributed by atoms with van der Waals surface area (Å²) in [6.07, 6.45) is 0. The summed E-state index contributed by atoms with van der Waals surface area (Å²) < 4.78 is 0. The molecule has 104 valence electrons. The van der Waals surface area contributed by atoms with Crippen LogP contribution in [0.3, 0.4) is 0 Å². The van der Waals surface area contributed by atoms with Crippen LogP contribution in [-0.4, -0.2) is 17.9 Å². The number of rotatable bonds is 4. The van der Waals surface area contributed by atoms with Gasteiger partial charge in [-0.2, -0.15) is 0 Å². The number of halogens is 1. The molecule has 0 aromatic heterocycles. The first-order valence-electron chi connectivity index (χ1n) is 6.56. The Bertz CT molecular complexity index is 592. The lowest BCUT2D eigenvalue weighted by molar-refractivity contribution is 0.0785. The first kappa shape index (κ1) is 14.6. The molecule has 0 fully saturated rings. The van der Waals surface area contributed by atoms with Crippen LogP contribution >= 0.6 is 11.6 Å². The molecule has 2 aromatic carbocycles. The number of amides is 1. The van der Waals surface area contributed by atoms with E-state index in [2.05, 4.69) is 19.1 Å². The summed E-state index contributed by atoms with van der Waals surface area (Å²) in [5.74, 6) is 0.431. The highest BCUT2D eigenvalue weighted by Gasteiger charge is 2.12. The Kier molecular flexibility index (Phi) is 4.80. The second-order valence-electron chi connectivity index (χ2n) is 4.98. The largest absolute Gasteiger partial charge is 0.337 e. The number of hydrogen-bond acceptors (Lipinski definition) is 1. The Hall–Kier alpha value is -1.80. The number of benzene rings is 2. The average molecular weight is 288 g/mol. The van der Waals surface area contributed by atoms with Gasteiger partial charge in [-0.05, 0) is 30.2 Å². The van der Waals surface area contributed by atoms with Crippen molar-refractivity contribution in [3.63, 3.8) is 0 Å². The van der Waals surface area contributed by atoms with Gasteiger partial charge in [-0.25, -0.2) is 0 Å². The maximum Gasteiger partial charge on any atom is 0.253 e. The van der Waals surface area contributed by atoms with Crippen molar-refractivity contribution in [2.45, 2.75) is 19.3 Å². The van der Waals surface area contributed by atoms with Crippen LogP contribution in [0.15, 0.2) is 48.5 Å². The molecule has 0 saturated heterocycles. The number of carbonyl (C=O) groups is 1. The fourth-order valence-corrected chi connectivity index (χ4v) is 2.21. The first-order chi connectivity index (χ1) is 9.60. The number of carbonyl (C=O) groups excluding carboxylic acids is 1. The van der Waals surface area contributed by atoms with E-state index in [9.17, 15) is 4.79 Å². The molecule has 0 bridgehead atoms. The topological polar surface area (TPSA) is 20.3 Å².